The number of hydrogen-bond donors (Lipinski definition) is 6. The number of H-pyrrole nitrogens is 1. The van der Waals surface area contributed by atoms with E-state index in [0.29, 0.717) is 35.2 Å². The molecule has 0 saturated heterocycles. The summed E-state index contributed by atoms with van der Waals surface area (Å²) in [6.07, 6.45) is 12.9. The molecule has 0 aliphatic heterocycles. The molecule has 17 heteroatoms. The second-order valence-corrected chi connectivity index (χ2v) is 17.9. The van der Waals surface area contributed by atoms with E-state index in [0.717, 1.165) is 54.3 Å². The van der Waals surface area contributed by atoms with Crippen LogP contribution < -0.4 is 27.4 Å². The van der Waals surface area contributed by atoms with Crippen LogP contribution in [0.15, 0.2) is 60.8 Å². The lowest BCUT2D eigenvalue weighted by Gasteiger charge is -2.33. The Hall–Kier alpha value is -4.87. The molecular weight excluding hydrogens is 844 g/mol. The number of nitrogens with one attached hydrogen (secondary N) is 4. The third-order valence-corrected chi connectivity index (χ3v) is 12.5. The average Bonchev–Trinajstić information content (AvgIpc) is 3.65. The first kappa shape index (κ1) is 52.5. The first-order chi connectivity index (χ1) is 30.2. The number of carbonyl (C=O) groups excluding carboxylic acids is 6. The molecule has 6 amide bonds. The lowest BCUT2D eigenvalue weighted by Crippen LogP contribution is -2.56. The van der Waals surface area contributed by atoms with Crippen molar-refractivity contribution >= 4 is 69.9 Å². The van der Waals surface area contributed by atoms with Crippen molar-refractivity contribution in [2.45, 2.75) is 108 Å². The fourth-order valence-corrected chi connectivity index (χ4v) is 8.50. The van der Waals surface area contributed by atoms with E-state index in [-0.39, 0.29) is 25.2 Å². The maximum atomic E-state index is 14.3. The number of benzene rings is 2. The average molecular weight is 911 g/mol. The Bertz CT molecular complexity index is 1980. The van der Waals surface area contributed by atoms with Crippen molar-refractivity contribution in [2.24, 2.45) is 11.5 Å². The molecule has 63 heavy (non-hydrogen) atoms. The molecule has 3 aromatic rings. The summed E-state index contributed by atoms with van der Waals surface area (Å²) < 4.78 is 14.3. The number of carbonyl (C=O) groups is 6. The standard InChI is InChI=1S/C46H67FN8O6S2/c1-5-6-7-8-9-10-11-12-13-17-39(45(60)55(4)40(46(61)54(3)29-41(49)56)25-35-27-50-38-19-18-36(47)26-37(35)38)53-43(58)28-51-44(59)32(2)52-42(57)20-22-62-30-33-15-14-16-34(24-33)31-63-23-21-48/h9-10,14-16,18-19,24,26-27,32,39-40,50H,5-8,11-13,17,20-23,25,28-31,48H2,1-4H3,(H2,49,56)(H,51,59)(H,52,57)(H,53,58)/b10-9-/t32-,39-,40-/m0/s1. The molecular formula is C46H67FN8O6S2. The van der Waals surface area contributed by atoms with Crippen LogP contribution in [-0.4, -0.2) is 114 Å². The lowest BCUT2D eigenvalue weighted by atomic mass is 10.0. The van der Waals surface area contributed by atoms with Gasteiger partial charge in [0.1, 0.15) is 23.9 Å². The van der Waals surface area contributed by atoms with Crippen LogP contribution in [0.3, 0.4) is 0 Å². The van der Waals surface area contributed by atoms with E-state index in [4.69, 9.17) is 11.5 Å². The smallest absolute Gasteiger partial charge is 0.245 e. The van der Waals surface area contributed by atoms with Crippen LogP contribution in [0.1, 0.15) is 88.3 Å². The van der Waals surface area contributed by atoms with Crippen LogP contribution in [0.25, 0.3) is 10.9 Å². The number of likely N-dealkylation sites (N-methyl/N-ethyl adjacent to an activating group) is 2. The summed E-state index contributed by atoms with van der Waals surface area (Å²) in [4.78, 5) is 84.5. The molecule has 0 spiro atoms. The topological polar surface area (TPSA) is 213 Å². The van der Waals surface area contributed by atoms with Crippen molar-refractivity contribution in [2.75, 3.05) is 45.2 Å². The van der Waals surface area contributed by atoms with Crippen LogP contribution >= 0.6 is 23.5 Å². The third-order valence-electron chi connectivity index (χ3n) is 10.4. The van der Waals surface area contributed by atoms with Gasteiger partial charge in [-0.05, 0) is 73.9 Å². The number of rotatable bonds is 30. The molecule has 0 unspecified atom stereocenters. The lowest BCUT2D eigenvalue weighted by molar-refractivity contribution is -0.146. The Labute approximate surface area is 380 Å². The Morgan fingerprint density at radius 3 is 2.22 bits per heavy atom. The zero-order valence-corrected chi connectivity index (χ0v) is 38.9. The summed E-state index contributed by atoms with van der Waals surface area (Å²) in [5.41, 5.74) is 14.6. The van der Waals surface area contributed by atoms with Gasteiger partial charge in [0.15, 0.2) is 0 Å². The molecule has 0 saturated carbocycles. The number of amides is 6. The van der Waals surface area contributed by atoms with Gasteiger partial charge in [-0.25, -0.2) is 4.39 Å². The summed E-state index contributed by atoms with van der Waals surface area (Å²) in [6.45, 7) is 3.47. The van der Waals surface area contributed by atoms with Crippen molar-refractivity contribution in [1.82, 2.24) is 30.7 Å². The number of allylic oxidation sites excluding steroid dienone is 2. The van der Waals surface area contributed by atoms with Gasteiger partial charge in [-0.15, -0.1) is 0 Å². The van der Waals surface area contributed by atoms with E-state index in [1.54, 1.807) is 35.8 Å². The number of hydrogen-bond acceptors (Lipinski definition) is 9. The number of nitrogens with two attached hydrogens (primary N) is 2. The van der Waals surface area contributed by atoms with E-state index < -0.39 is 66.6 Å². The summed E-state index contributed by atoms with van der Waals surface area (Å²) in [5.74, 6) is -0.747. The minimum absolute atomic E-state index is 0.0292. The predicted octanol–water partition coefficient (Wildman–Crippen LogP) is 4.94. The molecule has 0 bridgehead atoms. The zero-order valence-electron chi connectivity index (χ0n) is 37.2. The second-order valence-electron chi connectivity index (χ2n) is 15.7. The normalized spacial score (nSPS) is 12.7. The number of nitrogens with zero attached hydrogens (tertiary/aromatic N) is 2. The first-order valence-corrected chi connectivity index (χ1v) is 24.0. The van der Waals surface area contributed by atoms with Gasteiger partial charge in [0.25, 0.3) is 0 Å². The third kappa shape index (κ3) is 19.2. The SMILES string of the molecule is CCCCC/C=C\CCCC[C@H](NC(=O)CNC(=O)[C@H](C)NC(=O)CCSCc1cccc(CSCCN)c1)C(=O)N(C)[C@@H](Cc1c[nH]c2ccc(F)cc12)C(=O)N(C)CC(N)=O. The van der Waals surface area contributed by atoms with Gasteiger partial charge in [0.05, 0.1) is 13.1 Å². The summed E-state index contributed by atoms with van der Waals surface area (Å²) in [7, 11) is 2.85. The highest BCUT2D eigenvalue weighted by Gasteiger charge is 2.34. The van der Waals surface area contributed by atoms with Crippen LogP contribution in [0.2, 0.25) is 0 Å². The molecule has 3 atom stereocenters. The quantitative estimate of drug-likeness (QED) is 0.0395. The Morgan fingerprint density at radius 1 is 0.873 bits per heavy atom. The Balaban J connectivity index is 1.63. The van der Waals surface area contributed by atoms with Crippen LogP contribution in [0.5, 0.6) is 0 Å². The molecule has 0 aliphatic rings. The first-order valence-electron chi connectivity index (χ1n) is 21.7. The highest BCUT2D eigenvalue weighted by Crippen LogP contribution is 2.23. The summed E-state index contributed by atoms with van der Waals surface area (Å²) in [6, 6.07) is 9.41. The van der Waals surface area contributed by atoms with E-state index in [9.17, 15) is 33.2 Å². The molecule has 14 nitrogen and oxygen atoms in total. The molecule has 0 radical (unpaired) electrons. The highest BCUT2D eigenvalue weighted by molar-refractivity contribution is 7.98. The maximum Gasteiger partial charge on any atom is 0.245 e. The number of unbranched alkanes of at least 4 members (excludes halogenated alkanes) is 5. The fourth-order valence-electron chi connectivity index (χ4n) is 6.88. The maximum absolute atomic E-state index is 14.3. The molecule has 0 fully saturated rings. The monoisotopic (exact) mass is 910 g/mol. The number of aromatic amines is 1. The Morgan fingerprint density at radius 2 is 1.56 bits per heavy atom. The van der Waals surface area contributed by atoms with Crippen molar-refractivity contribution < 1.29 is 33.2 Å². The molecule has 3 rings (SSSR count). The molecule has 0 aliphatic carbocycles. The molecule has 346 valence electrons. The summed E-state index contributed by atoms with van der Waals surface area (Å²) >= 11 is 3.41. The highest BCUT2D eigenvalue weighted by atomic mass is 32.2. The minimum Gasteiger partial charge on any atom is -0.368 e. The second kappa shape index (κ2) is 28.7. The van der Waals surface area contributed by atoms with Gasteiger partial charge >= 0.3 is 0 Å². The predicted molar refractivity (Wildman–Crippen MR) is 252 cm³/mol. The van der Waals surface area contributed by atoms with E-state index in [1.807, 2.05) is 6.07 Å². The number of aromatic nitrogens is 1. The van der Waals surface area contributed by atoms with E-state index in [1.165, 1.54) is 55.6 Å². The van der Waals surface area contributed by atoms with E-state index in [2.05, 4.69) is 58.2 Å². The molecule has 1 heterocycles. The number of primary amides is 1. The van der Waals surface area contributed by atoms with Gasteiger partial charge < -0.3 is 42.2 Å². The molecule has 1 aromatic heterocycles. The van der Waals surface area contributed by atoms with Crippen LogP contribution in [0, 0.1) is 5.82 Å². The van der Waals surface area contributed by atoms with Crippen LogP contribution in [0.4, 0.5) is 4.39 Å². The van der Waals surface area contributed by atoms with Crippen molar-refractivity contribution in [1.29, 1.82) is 0 Å². The van der Waals surface area contributed by atoms with Gasteiger partial charge in [-0.2, -0.15) is 23.5 Å². The van der Waals surface area contributed by atoms with Gasteiger partial charge in [-0.1, -0.05) is 62.6 Å². The van der Waals surface area contributed by atoms with Crippen molar-refractivity contribution in [3.63, 3.8) is 0 Å². The van der Waals surface area contributed by atoms with Crippen molar-refractivity contribution in [3.8, 4) is 0 Å². The van der Waals surface area contributed by atoms with Gasteiger partial charge in [-0.3, -0.25) is 28.8 Å². The van der Waals surface area contributed by atoms with Crippen molar-refractivity contribution in [3.05, 3.63) is 83.3 Å². The summed E-state index contributed by atoms with van der Waals surface area (Å²) in [5, 5.41) is 8.53. The number of halogens is 1. The Kier molecular flexibility index (Phi) is 23.9. The fraction of sp³-hybridized carbons (Fsp3) is 0.522. The van der Waals surface area contributed by atoms with Gasteiger partial charge in [0, 0.05) is 73.6 Å². The number of thioether (sulfide) groups is 2. The zero-order chi connectivity index (χ0) is 46.1. The molecule has 2 aromatic carbocycles. The number of fused-ring (bicyclic) bond motifs is 1. The van der Waals surface area contributed by atoms with Crippen LogP contribution in [-0.2, 0) is 46.7 Å². The van der Waals surface area contributed by atoms with E-state index >= 15 is 0 Å². The largest absolute Gasteiger partial charge is 0.368 e. The molecule has 8 N–H and O–H groups in total. The van der Waals surface area contributed by atoms with Gasteiger partial charge in [0.2, 0.25) is 35.4 Å². The minimum atomic E-state index is -1.15.